The number of nitrogens with one attached hydrogen (secondary N) is 1. The van der Waals surface area contributed by atoms with Gasteiger partial charge in [-0.3, -0.25) is 4.90 Å². The molecule has 1 aromatic rings. The van der Waals surface area contributed by atoms with E-state index in [0.29, 0.717) is 0 Å². The Balaban J connectivity index is 2.32. The van der Waals surface area contributed by atoms with Crippen molar-refractivity contribution in [1.82, 2.24) is 10.1 Å². The molecule has 2 heterocycles. The highest BCUT2D eigenvalue weighted by Gasteiger charge is 2.20. The zero-order valence-electron chi connectivity index (χ0n) is 7.42. The van der Waals surface area contributed by atoms with E-state index in [1.54, 1.807) is 0 Å². The molecule has 0 amide bonds. The molecule has 0 aromatic carbocycles. The standard InChI is InChI=1S/C8H13N3O/c1-9-8-6-3-4-11(2)5-7(6)12-10-8/h3-5H2,1-2H3,(H,9,10). The predicted octanol–water partition coefficient (Wildman–Crippen LogP) is 0.704. The SMILES string of the molecule is CNc1noc2c1CCN(C)C2. The average Bonchev–Trinajstić information content (AvgIpc) is 2.46. The number of fused-ring (bicyclic) bond motifs is 1. The van der Waals surface area contributed by atoms with Crippen LogP contribution < -0.4 is 5.32 Å². The first-order valence-electron chi connectivity index (χ1n) is 4.15. The first-order valence-corrected chi connectivity index (χ1v) is 4.15. The van der Waals surface area contributed by atoms with Gasteiger partial charge in [-0.2, -0.15) is 0 Å². The first kappa shape index (κ1) is 7.61. The Bertz CT molecular complexity index is 282. The van der Waals surface area contributed by atoms with Crippen LogP contribution in [0.25, 0.3) is 0 Å². The second-order valence-corrected chi connectivity index (χ2v) is 3.17. The van der Waals surface area contributed by atoms with Gasteiger partial charge in [0.15, 0.2) is 11.6 Å². The van der Waals surface area contributed by atoms with Gasteiger partial charge in [0.05, 0.1) is 6.54 Å². The summed E-state index contributed by atoms with van der Waals surface area (Å²) in [5.41, 5.74) is 1.25. The average molecular weight is 167 g/mol. The second kappa shape index (κ2) is 2.79. The van der Waals surface area contributed by atoms with Crippen molar-refractivity contribution in [3.8, 4) is 0 Å². The minimum Gasteiger partial charge on any atom is -0.370 e. The fraction of sp³-hybridized carbons (Fsp3) is 0.625. The molecule has 0 bridgehead atoms. The highest BCUT2D eigenvalue weighted by Crippen LogP contribution is 2.24. The molecule has 0 atom stereocenters. The molecule has 4 nitrogen and oxygen atoms in total. The number of rotatable bonds is 1. The molecule has 66 valence electrons. The van der Waals surface area contributed by atoms with E-state index in [9.17, 15) is 0 Å². The van der Waals surface area contributed by atoms with E-state index < -0.39 is 0 Å². The minimum atomic E-state index is 0.879. The van der Waals surface area contributed by atoms with Crippen LogP contribution in [0.1, 0.15) is 11.3 Å². The quantitative estimate of drug-likeness (QED) is 0.668. The van der Waals surface area contributed by atoms with Crippen molar-refractivity contribution in [2.75, 3.05) is 26.0 Å². The third kappa shape index (κ3) is 1.08. The van der Waals surface area contributed by atoms with Crippen LogP contribution >= 0.6 is 0 Å². The van der Waals surface area contributed by atoms with Gasteiger partial charge in [0.1, 0.15) is 0 Å². The summed E-state index contributed by atoms with van der Waals surface area (Å²) in [6.07, 6.45) is 1.03. The van der Waals surface area contributed by atoms with Crippen molar-refractivity contribution in [2.24, 2.45) is 0 Å². The predicted molar refractivity (Wildman–Crippen MR) is 46.1 cm³/mol. The van der Waals surface area contributed by atoms with Crippen LogP contribution in [0.15, 0.2) is 4.52 Å². The van der Waals surface area contributed by atoms with Crippen LogP contribution in [0.3, 0.4) is 0 Å². The van der Waals surface area contributed by atoms with Gasteiger partial charge in [-0.25, -0.2) is 0 Å². The van der Waals surface area contributed by atoms with Crippen LogP contribution in [-0.2, 0) is 13.0 Å². The van der Waals surface area contributed by atoms with Crippen molar-refractivity contribution < 1.29 is 4.52 Å². The number of hydrogen-bond donors (Lipinski definition) is 1. The highest BCUT2D eigenvalue weighted by molar-refractivity contribution is 5.45. The summed E-state index contributed by atoms with van der Waals surface area (Å²) in [4.78, 5) is 2.23. The van der Waals surface area contributed by atoms with E-state index in [2.05, 4.69) is 22.4 Å². The summed E-state index contributed by atoms with van der Waals surface area (Å²) in [6, 6.07) is 0. The lowest BCUT2D eigenvalue weighted by molar-refractivity contribution is 0.257. The lowest BCUT2D eigenvalue weighted by Gasteiger charge is -2.20. The maximum absolute atomic E-state index is 5.19. The number of likely N-dealkylation sites (N-methyl/N-ethyl adjacent to an activating group) is 1. The summed E-state index contributed by atoms with van der Waals surface area (Å²) in [5, 5.41) is 6.96. The van der Waals surface area contributed by atoms with Gasteiger partial charge < -0.3 is 9.84 Å². The molecule has 2 rings (SSSR count). The van der Waals surface area contributed by atoms with Crippen LogP contribution in [0.5, 0.6) is 0 Å². The van der Waals surface area contributed by atoms with E-state index in [0.717, 1.165) is 31.1 Å². The third-order valence-corrected chi connectivity index (χ3v) is 2.26. The Labute approximate surface area is 71.5 Å². The molecule has 0 radical (unpaired) electrons. The van der Waals surface area contributed by atoms with Gasteiger partial charge in [0.2, 0.25) is 0 Å². The van der Waals surface area contributed by atoms with Crippen LogP contribution in [0, 0.1) is 0 Å². The second-order valence-electron chi connectivity index (χ2n) is 3.17. The molecule has 1 aromatic heterocycles. The van der Waals surface area contributed by atoms with Gasteiger partial charge in [-0.05, 0) is 13.5 Å². The van der Waals surface area contributed by atoms with Crippen molar-refractivity contribution >= 4 is 5.82 Å². The number of aromatic nitrogens is 1. The maximum atomic E-state index is 5.19. The highest BCUT2D eigenvalue weighted by atomic mass is 16.5. The zero-order valence-corrected chi connectivity index (χ0v) is 7.42. The molecule has 0 fully saturated rings. The molecule has 1 aliphatic rings. The van der Waals surface area contributed by atoms with Gasteiger partial charge in [-0.15, -0.1) is 0 Å². The monoisotopic (exact) mass is 167 g/mol. The lowest BCUT2D eigenvalue weighted by Crippen LogP contribution is -2.25. The van der Waals surface area contributed by atoms with Gasteiger partial charge >= 0.3 is 0 Å². The van der Waals surface area contributed by atoms with Crippen molar-refractivity contribution in [1.29, 1.82) is 0 Å². The smallest absolute Gasteiger partial charge is 0.172 e. The van der Waals surface area contributed by atoms with Gasteiger partial charge in [-0.1, -0.05) is 5.16 Å². The molecular formula is C8H13N3O. The molecule has 4 heteroatoms. The van der Waals surface area contributed by atoms with Crippen LogP contribution in [0.4, 0.5) is 5.82 Å². The Morgan fingerprint density at radius 2 is 2.42 bits per heavy atom. The Hall–Kier alpha value is -1.03. The Morgan fingerprint density at radius 1 is 1.58 bits per heavy atom. The summed E-state index contributed by atoms with van der Waals surface area (Å²) in [7, 11) is 3.96. The Kier molecular flexibility index (Phi) is 1.77. The molecule has 1 N–H and O–H groups in total. The molecule has 0 spiro atoms. The topological polar surface area (TPSA) is 41.3 Å². The molecule has 12 heavy (non-hydrogen) atoms. The van der Waals surface area contributed by atoms with E-state index in [1.165, 1.54) is 5.56 Å². The Morgan fingerprint density at radius 3 is 3.17 bits per heavy atom. The summed E-state index contributed by atoms with van der Waals surface area (Å²) >= 11 is 0. The van der Waals surface area contributed by atoms with Crippen LogP contribution in [0.2, 0.25) is 0 Å². The minimum absolute atomic E-state index is 0.879. The fourth-order valence-corrected chi connectivity index (χ4v) is 1.55. The number of hydrogen-bond acceptors (Lipinski definition) is 4. The van der Waals surface area contributed by atoms with Gasteiger partial charge in [0, 0.05) is 19.2 Å². The van der Waals surface area contributed by atoms with Crippen molar-refractivity contribution in [3.63, 3.8) is 0 Å². The molecule has 0 saturated carbocycles. The summed E-state index contributed by atoms with van der Waals surface area (Å²) in [6.45, 7) is 1.97. The molecular weight excluding hydrogens is 154 g/mol. The lowest BCUT2D eigenvalue weighted by atomic mass is 10.1. The van der Waals surface area contributed by atoms with E-state index in [-0.39, 0.29) is 0 Å². The fourth-order valence-electron chi connectivity index (χ4n) is 1.55. The van der Waals surface area contributed by atoms with E-state index in [4.69, 9.17) is 4.52 Å². The largest absolute Gasteiger partial charge is 0.370 e. The molecule has 0 unspecified atom stereocenters. The van der Waals surface area contributed by atoms with Crippen LogP contribution in [-0.4, -0.2) is 30.7 Å². The number of anilines is 1. The van der Waals surface area contributed by atoms with E-state index in [1.807, 2.05) is 7.05 Å². The first-order chi connectivity index (χ1) is 5.81. The maximum Gasteiger partial charge on any atom is 0.172 e. The van der Waals surface area contributed by atoms with Gasteiger partial charge in [0.25, 0.3) is 0 Å². The third-order valence-electron chi connectivity index (χ3n) is 2.26. The van der Waals surface area contributed by atoms with Crippen molar-refractivity contribution in [2.45, 2.75) is 13.0 Å². The number of nitrogens with zero attached hydrogens (tertiary/aromatic N) is 2. The molecule has 0 aliphatic carbocycles. The summed E-state index contributed by atoms with van der Waals surface area (Å²) in [5.74, 6) is 1.91. The van der Waals surface area contributed by atoms with E-state index >= 15 is 0 Å². The molecule has 1 aliphatic heterocycles. The molecule has 0 saturated heterocycles. The van der Waals surface area contributed by atoms with Crippen molar-refractivity contribution in [3.05, 3.63) is 11.3 Å². The normalized spacial score (nSPS) is 17.5. The summed E-state index contributed by atoms with van der Waals surface area (Å²) < 4.78 is 5.19. The zero-order chi connectivity index (χ0) is 8.55.